The van der Waals surface area contributed by atoms with Gasteiger partial charge < -0.3 is 15.4 Å². The predicted molar refractivity (Wildman–Crippen MR) is 83.2 cm³/mol. The number of halogens is 1. The minimum Gasteiger partial charge on any atom is -0.465 e. The first kappa shape index (κ1) is 17.3. The second-order valence-electron chi connectivity index (χ2n) is 5.12. The van der Waals surface area contributed by atoms with Crippen LogP contribution in [-0.4, -0.2) is 36.5 Å². The zero-order valence-electron chi connectivity index (χ0n) is 12.6. The van der Waals surface area contributed by atoms with Gasteiger partial charge in [-0.1, -0.05) is 25.4 Å². The lowest BCUT2D eigenvalue weighted by atomic mass is 10.1. The molecule has 0 aromatic heterocycles. The lowest BCUT2D eigenvalue weighted by Crippen LogP contribution is -2.39. The summed E-state index contributed by atoms with van der Waals surface area (Å²) in [4.78, 5) is 25.6. The zero-order valence-corrected chi connectivity index (χ0v) is 13.3. The Hall–Kier alpha value is -1.75. The van der Waals surface area contributed by atoms with E-state index in [1.54, 1.807) is 19.1 Å². The number of nitrogen functional groups attached to an aromatic ring is 1. The predicted octanol–water partition coefficient (Wildman–Crippen LogP) is 2.58. The normalized spacial score (nSPS) is 10.5. The van der Waals surface area contributed by atoms with Gasteiger partial charge in [-0.25, -0.2) is 0 Å². The summed E-state index contributed by atoms with van der Waals surface area (Å²) < 4.78 is 4.90. The molecule has 21 heavy (non-hydrogen) atoms. The van der Waals surface area contributed by atoms with Crippen LogP contribution in [0.1, 0.15) is 31.1 Å². The molecule has 0 aliphatic carbocycles. The molecule has 0 bridgehead atoms. The molecule has 2 N–H and O–H groups in total. The van der Waals surface area contributed by atoms with Crippen LogP contribution >= 0.6 is 11.6 Å². The lowest BCUT2D eigenvalue weighted by Gasteiger charge is -2.24. The molecule has 1 aromatic carbocycles. The minimum atomic E-state index is -0.431. The molecule has 0 spiro atoms. The number of anilines is 1. The fourth-order valence-electron chi connectivity index (χ4n) is 1.92. The summed E-state index contributed by atoms with van der Waals surface area (Å²) in [5.74, 6) is -0.512. The van der Waals surface area contributed by atoms with Gasteiger partial charge in [0, 0.05) is 17.3 Å². The quantitative estimate of drug-likeness (QED) is 0.647. The number of amides is 1. The summed E-state index contributed by atoms with van der Waals surface area (Å²) in [6, 6.07) is 4.69. The van der Waals surface area contributed by atoms with Crippen molar-refractivity contribution in [2.24, 2.45) is 5.92 Å². The molecular weight excluding hydrogens is 292 g/mol. The molecule has 0 atom stereocenters. The molecule has 0 heterocycles. The van der Waals surface area contributed by atoms with Crippen molar-refractivity contribution in [2.45, 2.75) is 20.8 Å². The van der Waals surface area contributed by atoms with Gasteiger partial charge in [0.2, 0.25) is 0 Å². The second kappa shape index (κ2) is 7.88. The average Bonchev–Trinajstić information content (AvgIpc) is 2.37. The summed E-state index contributed by atoms with van der Waals surface area (Å²) in [6.45, 7) is 6.30. The monoisotopic (exact) mass is 312 g/mol. The molecule has 116 valence electrons. The molecule has 0 aliphatic heterocycles. The first-order chi connectivity index (χ1) is 9.85. The molecule has 1 rings (SSSR count). The molecule has 0 saturated heterocycles. The van der Waals surface area contributed by atoms with E-state index in [0.29, 0.717) is 22.8 Å². The van der Waals surface area contributed by atoms with Crippen molar-refractivity contribution in [1.29, 1.82) is 0 Å². The Bertz CT molecular complexity index is 518. The van der Waals surface area contributed by atoms with E-state index in [-0.39, 0.29) is 25.0 Å². The highest BCUT2D eigenvalue weighted by atomic mass is 35.5. The van der Waals surface area contributed by atoms with Crippen LogP contribution < -0.4 is 5.73 Å². The van der Waals surface area contributed by atoms with Crippen LogP contribution in [0.2, 0.25) is 5.02 Å². The van der Waals surface area contributed by atoms with Crippen molar-refractivity contribution in [3.63, 3.8) is 0 Å². The van der Waals surface area contributed by atoms with Crippen molar-refractivity contribution in [1.82, 2.24) is 4.90 Å². The lowest BCUT2D eigenvalue weighted by molar-refractivity contribution is -0.143. The number of hydrogen-bond acceptors (Lipinski definition) is 4. The minimum absolute atomic E-state index is 0.0904. The highest BCUT2D eigenvalue weighted by molar-refractivity contribution is 6.31. The third-order valence-corrected chi connectivity index (χ3v) is 2.98. The molecule has 1 amide bonds. The van der Waals surface area contributed by atoms with Crippen LogP contribution in [0.15, 0.2) is 18.2 Å². The van der Waals surface area contributed by atoms with E-state index >= 15 is 0 Å². The van der Waals surface area contributed by atoms with Gasteiger partial charge in [-0.3, -0.25) is 9.59 Å². The molecule has 1 aromatic rings. The molecule has 0 fully saturated rings. The maximum Gasteiger partial charge on any atom is 0.325 e. The molecule has 0 radical (unpaired) electrons. The van der Waals surface area contributed by atoms with Crippen LogP contribution in [0, 0.1) is 5.92 Å². The summed E-state index contributed by atoms with van der Waals surface area (Å²) in [7, 11) is 0. The average molecular weight is 313 g/mol. The number of ether oxygens (including phenoxy) is 1. The summed E-state index contributed by atoms with van der Waals surface area (Å²) in [5, 5.41) is 0.463. The SMILES string of the molecule is CCOC(=O)CN(CC(C)C)C(=O)c1ccc(Cl)cc1N. The van der Waals surface area contributed by atoms with Crippen LogP contribution in [0.4, 0.5) is 5.69 Å². The van der Waals surface area contributed by atoms with Crippen molar-refractivity contribution in [2.75, 3.05) is 25.4 Å². The van der Waals surface area contributed by atoms with E-state index in [4.69, 9.17) is 22.1 Å². The summed E-state index contributed by atoms with van der Waals surface area (Å²) >= 11 is 5.83. The molecule has 0 saturated carbocycles. The van der Waals surface area contributed by atoms with E-state index in [2.05, 4.69) is 0 Å². The van der Waals surface area contributed by atoms with Crippen LogP contribution in [0.5, 0.6) is 0 Å². The van der Waals surface area contributed by atoms with Gasteiger partial charge >= 0.3 is 5.97 Å². The Morgan fingerprint density at radius 3 is 2.57 bits per heavy atom. The van der Waals surface area contributed by atoms with E-state index < -0.39 is 5.97 Å². The Labute approximate surface area is 130 Å². The first-order valence-electron chi connectivity index (χ1n) is 6.85. The number of rotatable bonds is 6. The van der Waals surface area contributed by atoms with E-state index in [1.165, 1.54) is 11.0 Å². The fourth-order valence-corrected chi connectivity index (χ4v) is 2.10. The molecule has 0 unspecified atom stereocenters. The molecule has 0 aliphatic rings. The number of carbonyl (C=O) groups excluding carboxylic acids is 2. The Morgan fingerprint density at radius 1 is 1.38 bits per heavy atom. The maximum atomic E-state index is 12.5. The van der Waals surface area contributed by atoms with Crippen LogP contribution in [0.25, 0.3) is 0 Å². The number of benzene rings is 1. The van der Waals surface area contributed by atoms with E-state index in [0.717, 1.165) is 0 Å². The largest absolute Gasteiger partial charge is 0.465 e. The van der Waals surface area contributed by atoms with Crippen molar-refractivity contribution < 1.29 is 14.3 Å². The Kier molecular flexibility index (Phi) is 6.49. The van der Waals surface area contributed by atoms with Gasteiger partial charge in [-0.2, -0.15) is 0 Å². The van der Waals surface area contributed by atoms with E-state index in [9.17, 15) is 9.59 Å². The Morgan fingerprint density at radius 2 is 2.05 bits per heavy atom. The van der Waals surface area contributed by atoms with Crippen molar-refractivity contribution in [3.05, 3.63) is 28.8 Å². The van der Waals surface area contributed by atoms with E-state index in [1.807, 2.05) is 13.8 Å². The second-order valence-corrected chi connectivity index (χ2v) is 5.55. The third-order valence-electron chi connectivity index (χ3n) is 2.74. The number of carbonyl (C=O) groups is 2. The van der Waals surface area contributed by atoms with Crippen LogP contribution in [0.3, 0.4) is 0 Å². The third kappa shape index (κ3) is 5.27. The summed E-state index contributed by atoms with van der Waals surface area (Å²) in [6.07, 6.45) is 0. The van der Waals surface area contributed by atoms with Gasteiger partial charge in [-0.05, 0) is 31.0 Å². The highest BCUT2D eigenvalue weighted by Gasteiger charge is 2.22. The van der Waals surface area contributed by atoms with Gasteiger partial charge in [0.05, 0.1) is 12.2 Å². The number of esters is 1. The fraction of sp³-hybridized carbons (Fsp3) is 0.467. The maximum absolute atomic E-state index is 12.5. The summed E-state index contributed by atoms with van der Waals surface area (Å²) in [5.41, 5.74) is 6.47. The Balaban J connectivity index is 2.95. The molecule has 6 heteroatoms. The number of nitrogens with two attached hydrogens (primary N) is 1. The standard InChI is InChI=1S/C15H21ClN2O3/c1-4-21-14(19)9-18(8-10(2)3)15(20)12-6-5-11(16)7-13(12)17/h5-7,10H,4,8-9,17H2,1-3H3. The molecular formula is C15H21ClN2O3. The van der Waals surface area contributed by atoms with Gasteiger partial charge in [0.15, 0.2) is 0 Å². The van der Waals surface area contributed by atoms with Crippen LogP contribution in [-0.2, 0) is 9.53 Å². The van der Waals surface area contributed by atoms with Gasteiger partial charge in [0.1, 0.15) is 6.54 Å². The number of hydrogen-bond donors (Lipinski definition) is 1. The van der Waals surface area contributed by atoms with Gasteiger partial charge in [-0.15, -0.1) is 0 Å². The topological polar surface area (TPSA) is 72.6 Å². The first-order valence-corrected chi connectivity index (χ1v) is 7.22. The highest BCUT2D eigenvalue weighted by Crippen LogP contribution is 2.20. The van der Waals surface area contributed by atoms with Crippen molar-refractivity contribution >= 4 is 29.2 Å². The molecule has 5 nitrogen and oxygen atoms in total. The van der Waals surface area contributed by atoms with Crippen molar-refractivity contribution in [3.8, 4) is 0 Å². The number of nitrogens with zero attached hydrogens (tertiary/aromatic N) is 1. The van der Waals surface area contributed by atoms with Gasteiger partial charge in [0.25, 0.3) is 5.91 Å². The zero-order chi connectivity index (χ0) is 16.0. The smallest absolute Gasteiger partial charge is 0.325 e.